The number of hydrogen-bond donors (Lipinski definition) is 0. The van der Waals surface area contributed by atoms with Crippen molar-refractivity contribution in [1.82, 2.24) is 9.97 Å². The number of rotatable bonds is 5. The number of benzene rings is 1. The van der Waals surface area contributed by atoms with E-state index in [1.807, 2.05) is 31.2 Å². The van der Waals surface area contributed by atoms with Crippen molar-refractivity contribution in [3.8, 4) is 17.1 Å². The van der Waals surface area contributed by atoms with Crippen LogP contribution in [0.3, 0.4) is 0 Å². The number of hydrogen-bond acceptors (Lipinski definition) is 3. The van der Waals surface area contributed by atoms with Crippen molar-refractivity contribution in [2.24, 2.45) is 0 Å². The summed E-state index contributed by atoms with van der Waals surface area (Å²) in [5.74, 6) is 1.44. The predicted octanol–water partition coefficient (Wildman–Crippen LogP) is 4.91. The van der Waals surface area contributed by atoms with Crippen molar-refractivity contribution in [2.45, 2.75) is 26.7 Å². The van der Waals surface area contributed by atoms with Crippen LogP contribution in [0.4, 0.5) is 0 Å². The molecule has 0 amide bonds. The molecule has 106 valence electrons. The van der Waals surface area contributed by atoms with Gasteiger partial charge < -0.3 is 4.74 Å². The highest BCUT2D eigenvalue weighted by Gasteiger charge is 2.12. The van der Waals surface area contributed by atoms with E-state index in [9.17, 15) is 0 Å². The van der Waals surface area contributed by atoms with Gasteiger partial charge in [0.2, 0.25) is 0 Å². The van der Waals surface area contributed by atoms with Crippen LogP contribution in [-0.4, -0.2) is 16.6 Å². The summed E-state index contributed by atoms with van der Waals surface area (Å²) in [5, 5.41) is 0.445. The first-order chi connectivity index (χ1) is 9.65. The van der Waals surface area contributed by atoms with Gasteiger partial charge in [-0.3, -0.25) is 0 Å². The lowest BCUT2D eigenvalue weighted by molar-refractivity contribution is 0.340. The van der Waals surface area contributed by atoms with Crippen molar-refractivity contribution in [2.75, 3.05) is 6.61 Å². The molecule has 2 aromatic rings. The lowest BCUT2D eigenvalue weighted by Gasteiger charge is -2.09. The molecule has 1 aromatic carbocycles. The number of halogens is 2. The monoisotopic (exact) mass is 354 g/mol. The Balaban J connectivity index is 2.44. The fourth-order valence-electron chi connectivity index (χ4n) is 1.89. The van der Waals surface area contributed by atoms with Crippen LogP contribution < -0.4 is 4.74 Å². The molecule has 0 aliphatic carbocycles. The van der Waals surface area contributed by atoms with E-state index in [4.69, 9.17) is 16.3 Å². The van der Waals surface area contributed by atoms with Gasteiger partial charge >= 0.3 is 0 Å². The Morgan fingerprint density at radius 2 is 2.05 bits per heavy atom. The van der Waals surface area contributed by atoms with Crippen molar-refractivity contribution in [1.29, 1.82) is 0 Å². The minimum absolute atomic E-state index is 0.445. The standard InChI is InChI=1S/C15H16BrClN2O/c1-3-6-12-13(16)14(17)19-15(18-12)10-7-5-8-11(9-10)20-4-2/h5,7-9H,3-4,6H2,1-2H3. The topological polar surface area (TPSA) is 35.0 Å². The molecule has 0 aliphatic rings. The van der Waals surface area contributed by atoms with Crippen molar-refractivity contribution in [3.05, 3.63) is 39.6 Å². The summed E-state index contributed by atoms with van der Waals surface area (Å²) in [4.78, 5) is 8.94. The predicted molar refractivity (Wildman–Crippen MR) is 85.3 cm³/mol. The SMILES string of the molecule is CCCc1nc(-c2cccc(OCC)c2)nc(Cl)c1Br. The lowest BCUT2D eigenvalue weighted by atomic mass is 10.2. The van der Waals surface area contributed by atoms with Crippen LogP contribution in [0.25, 0.3) is 11.4 Å². The molecule has 5 heteroatoms. The third-order valence-corrected chi connectivity index (χ3v) is 4.10. The van der Waals surface area contributed by atoms with Gasteiger partial charge in [0, 0.05) is 5.56 Å². The molecule has 0 fully saturated rings. The molecule has 0 atom stereocenters. The van der Waals surface area contributed by atoms with Gasteiger partial charge in [-0.05, 0) is 41.4 Å². The molecule has 20 heavy (non-hydrogen) atoms. The quantitative estimate of drug-likeness (QED) is 0.715. The smallest absolute Gasteiger partial charge is 0.161 e. The Kier molecular flexibility index (Phi) is 5.38. The summed E-state index contributed by atoms with van der Waals surface area (Å²) < 4.78 is 6.28. The van der Waals surface area contributed by atoms with E-state index in [-0.39, 0.29) is 0 Å². The second-order valence-corrected chi connectivity index (χ2v) is 5.46. The molecule has 1 heterocycles. The van der Waals surface area contributed by atoms with E-state index in [2.05, 4.69) is 32.8 Å². The summed E-state index contributed by atoms with van der Waals surface area (Å²) in [6.07, 6.45) is 1.87. The third-order valence-electron chi connectivity index (χ3n) is 2.77. The van der Waals surface area contributed by atoms with E-state index in [1.54, 1.807) is 0 Å². The van der Waals surface area contributed by atoms with Gasteiger partial charge in [0.05, 0.1) is 16.8 Å². The van der Waals surface area contributed by atoms with Gasteiger partial charge in [-0.2, -0.15) is 0 Å². The summed E-state index contributed by atoms with van der Waals surface area (Å²) in [6.45, 7) is 4.70. The molecule has 0 radical (unpaired) electrons. The number of aromatic nitrogens is 2. The summed E-state index contributed by atoms with van der Waals surface area (Å²) in [5.41, 5.74) is 1.84. The Hall–Kier alpha value is -1.13. The number of nitrogens with zero attached hydrogens (tertiary/aromatic N) is 2. The van der Waals surface area contributed by atoms with Crippen LogP contribution in [0.5, 0.6) is 5.75 Å². The summed E-state index contributed by atoms with van der Waals surface area (Å²) in [6, 6.07) is 7.73. The number of aryl methyl sites for hydroxylation is 1. The average Bonchev–Trinajstić information content (AvgIpc) is 2.44. The van der Waals surface area contributed by atoms with E-state index >= 15 is 0 Å². The molecule has 3 nitrogen and oxygen atoms in total. The highest BCUT2D eigenvalue weighted by Crippen LogP contribution is 2.29. The first-order valence-corrected chi connectivity index (χ1v) is 7.78. The Morgan fingerprint density at radius 1 is 1.25 bits per heavy atom. The van der Waals surface area contributed by atoms with Gasteiger partial charge in [0.1, 0.15) is 10.9 Å². The van der Waals surface area contributed by atoms with Gasteiger partial charge in [-0.15, -0.1) is 0 Å². The first-order valence-electron chi connectivity index (χ1n) is 6.60. The zero-order valence-electron chi connectivity index (χ0n) is 11.5. The highest BCUT2D eigenvalue weighted by molar-refractivity contribution is 9.10. The lowest BCUT2D eigenvalue weighted by Crippen LogP contribution is -1.99. The molecule has 0 aliphatic heterocycles. The van der Waals surface area contributed by atoms with E-state index in [1.165, 1.54) is 0 Å². The molecule has 0 bridgehead atoms. The van der Waals surface area contributed by atoms with E-state index in [0.29, 0.717) is 17.6 Å². The highest BCUT2D eigenvalue weighted by atomic mass is 79.9. The minimum Gasteiger partial charge on any atom is -0.494 e. The van der Waals surface area contributed by atoms with E-state index in [0.717, 1.165) is 34.3 Å². The van der Waals surface area contributed by atoms with Crippen molar-refractivity contribution < 1.29 is 4.74 Å². The first kappa shape index (κ1) is 15.3. The zero-order valence-corrected chi connectivity index (χ0v) is 13.8. The molecule has 2 rings (SSSR count). The molecular formula is C15H16BrClN2O. The van der Waals surface area contributed by atoms with Gasteiger partial charge in [0.25, 0.3) is 0 Å². The van der Waals surface area contributed by atoms with Crippen LogP contribution in [0.15, 0.2) is 28.7 Å². The third kappa shape index (κ3) is 3.49. The molecule has 0 unspecified atom stereocenters. The second kappa shape index (κ2) is 7.04. The van der Waals surface area contributed by atoms with Gasteiger partial charge in [-0.1, -0.05) is 37.1 Å². The molecule has 0 saturated heterocycles. The maximum atomic E-state index is 6.18. The van der Waals surface area contributed by atoms with Crippen LogP contribution in [0.1, 0.15) is 26.0 Å². The normalized spacial score (nSPS) is 10.6. The van der Waals surface area contributed by atoms with Gasteiger partial charge in [-0.25, -0.2) is 9.97 Å². The molecule has 1 aromatic heterocycles. The minimum atomic E-state index is 0.445. The Morgan fingerprint density at radius 3 is 2.75 bits per heavy atom. The largest absolute Gasteiger partial charge is 0.494 e. The van der Waals surface area contributed by atoms with Crippen LogP contribution in [0.2, 0.25) is 5.15 Å². The molecule has 0 saturated carbocycles. The fourth-order valence-corrected chi connectivity index (χ4v) is 2.45. The summed E-state index contributed by atoms with van der Waals surface area (Å²) >= 11 is 9.62. The maximum Gasteiger partial charge on any atom is 0.161 e. The Labute approximate surface area is 132 Å². The second-order valence-electron chi connectivity index (χ2n) is 4.31. The van der Waals surface area contributed by atoms with Crippen LogP contribution >= 0.6 is 27.5 Å². The zero-order chi connectivity index (χ0) is 14.5. The molecule has 0 N–H and O–H groups in total. The van der Waals surface area contributed by atoms with Crippen molar-refractivity contribution in [3.63, 3.8) is 0 Å². The maximum absolute atomic E-state index is 6.18. The fraction of sp³-hybridized carbons (Fsp3) is 0.333. The summed E-state index contributed by atoms with van der Waals surface area (Å²) in [7, 11) is 0. The van der Waals surface area contributed by atoms with Gasteiger partial charge in [0.15, 0.2) is 5.82 Å². The number of ether oxygens (including phenoxy) is 1. The molecule has 0 spiro atoms. The van der Waals surface area contributed by atoms with Crippen molar-refractivity contribution >= 4 is 27.5 Å². The van der Waals surface area contributed by atoms with E-state index < -0.39 is 0 Å². The average molecular weight is 356 g/mol. The Bertz CT molecular complexity index is 604. The van der Waals surface area contributed by atoms with Crippen LogP contribution in [-0.2, 0) is 6.42 Å². The van der Waals surface area contributed by atoms with Crippen LogP contribution in [0, 0.1) is 0 Å². The molecular weight excluding hydrogens is 340 g/mol.